The number of alkyl halides is 2. The third-order valence-corrected chi connectivity index (χ3v) is 4.97. The highest BCUT2D eigenvalue weighted by Crippen LogP contribution is 2.31. The SMILES string of the molecule is CC(C)(C)OC(=O)N1CCC(CN)(C(=O)NCc2ccc(C(C)(F)F)nc2)CC1. The number of pyridine rings is 1. The Kier molecular flexibility index (Phi) is 6.82. The first-order valence-electron chi connectivity index (χ1n) is 9.66. The summed E-state index contributed by atoms with van der Waals surface area (Å²) >= 11 is 0. The largest absolute Gasteiger partial charge is 0.444 e. The molecular formula is C20H30F2N4O3. The van der Waals surface area contributed by atoms with Gasteiger partial charge in [-0.25, -0.2) is 4.79 Å². The van der Waals surface area contributed by atoms with Crippen LogP contribution < -0.4 is 11.1 Å². The number of likely N-dealkylation sites (tertiary alicyclic amines) is 1. The number of carbonyl (C=O) groups excluding carboxylic acids is 2. The minimum atomic E-state index is -3.01. The summed E-state index contributed by atoms with van der Waals surface area (Å²) in [4.78, 5) is 30.3. The van der Waals surface area contributed by atoms with E-state index >= 15 is 0 Å². The van der Waals surface area contributed by atoms with Crippen LogP contribution in [0, 0.1) is 5.41 Å². The molecule has 1 saturated heterocycles. The van der Waals surface area contributed by atoms with Crippen LogP contribution in [0.25, 0.3) is 0 Å². The summed E-state index contributed by atoms with van der Waals surface area (Å²) in [6.45, 7) is 7.26. The number of amides is 2. The Balaban J connectivity index is 1.93. The number of rotatable bonds is 5. The Hall–Kier alpha value is -2.29. The molecule has 0 bridgehead atoms. The van der Waals surface area contributed by atoms with E-state index in [1.165, 1.54) is 18.3 Å². The predicted molar refractivity (Wildman–Crippen MR) is 104 cm³/mol. The van der Waals surface area contributed by atoms with Crippen LogP contribution >= 0.6 is 0 Å². The van der Waals surface area contributed by atoms with E-state index in [4.69, 9.17) is 10.5 Å². The average molecular weight is 412 g/mol. The first-order chi connectivity index (χ1) is 13.4. The number of aromatic nitrogens is 1. The minimum Gasteiger partial charge on any atom is -0.444 e. The summed E-state index contributed by atoms with van der Waals surface area (Å²) < 4.78 is 31.8. The van der Waals surface area contributed by atoms with Crippen molar-refractivity contribution in [2.24, 2.45) is 11.1 Å². The Morgan fingerprint density at radius 2 is 1.86 bits per heavy atom. The molecule has 2 amide bonds. The van der Waals surface area contributed by atoms with Gasteiger partial charge in [0.05, 0.1) is 5.41 Å². The number of halogens is 2. The molecule has 1 aromatic heterocycles. The van der Waals surface area contributed by atoms with Crippen molar-refractivity contribution in [1.29, 1.82) is 0 Å². The normalized spacial score (nSPS) is 17.0. The van der Waals surface area contributed by atoms with E-state index in [0.717, 1.165) is 6.92 Å². The third kappa shape index (κ3) is 6.09. The van der Waals surface area contributed by atoms with Crippen molar-refractivity contribution in [1.82, 2.24) is 15.2 Å². The molecule has 0 spiro atoms. The molecule has 1 fully saturated rings. The fourth-order valence-electron chi connectivity index (χ4n) is 3.13. The minimum absolute atomic E-state index is 0.153. The van der Waals surface area contributed by atoms with Crippen LogP contribution in [0.5, 0.6) is 0 Å². The van der Waals surface area contributed by atoms with Gasteiger partial charge in [0.15, 0.2) is 0 Å². The van der Waals surface area contributed by atoms with Crippen molar-refractivity contribution >= 4 is 12.0 Å². The van der Waals surface area contributed by atoms with Crippen molar-refractivity contribution in [3.8, 4) is 0 Å². The summed E-state index contributed by atoms with van der Waals surface area (Å²) in [7, 11) is 0. The van der Waals surface area contributed by atoms with Gasteiger partial charge in [-0.1, -0.05) is 6.07 Å². The van der Waals surface area contributed by atoms with Gasteiger partial charge in [-0.3, -0.25) is 9.78 Å². The molecule has 3 N–H and O–H groups in total. The number of nitrogens with one attached hydrogen (secondary N) is 1. The number of nitrogens with two attached hydrogens (primary N) is 1. The second-order valence-corrected chi connectivity index (χ2v) is 8.57. The van der Waals surface area contributed by atoms with Gasteiger partial charge in [0.1, 0.15) is 11.3 Å². The quantitative estimate of drug-likeness (QED) is 0.775. The van der Waals surface area contributed by atoms with Gasteiger partial charge in [0.2, 0.25) is 5.91 Å². The van der Waals surface area contributed by atoms with Crippen molar-refractivity contribution < 1.29 is 23.1 Å². The molecule has 0 aromatic carbocycles. The molecule has 1 aliphatic heterocycles. The Morgan fingerprint density at radius 1 is 1.24 bits per heavy atom. The monoisotopic (exact) mass is 412 g/mol. The smallest absolute Gasteiger partial charge is 0.410 e. The van der Waals surface area contributed by atoms with Crippen LogP contribution in [0.4, 0.5) is 13.6 Å². The first kappa shape index (κ1) is 23.0. The number of carbonyl (C=O) groups is 2. The fraction of sp³-hybridized carbons (Fsp3) is 0.650. The molecule has 2 heterocycles. The number of hydrogen-bond acceptors (Lipinski definition) is 5. The van der Waals surface area contributed by atoms with E-state index in [0.29, 0.717) is 31.5 Å². The highest BCUT2D eigenvalue weighted by Gasteiger charge is 2.41. The topological polar surface area (TPSA) is 97.5 Å². The first-order valence-corrected chi connectivity index (χ1v) is 9.66. The van der Waals surface area contributed by atoms with Crippen molar-refractivity contribution in [2.75, 3.05) is 19.6 Å². The fourth-order valence-corrected chi connectivity index (χ4v) is 3.13. The highest BCUT2D eigenvalue weighted by molar-refractivity contribution is 5.83. The summed E-state index contributed by atoms with van der Waals surface area (Å²) in [5, 5.41) is 2.82. The van der Waals surface area contributed by atoms with E-state index in [1.54, 1.807) is 25.7 Å². The second-order valence-electron chi connectivity index (χ2n) is 8.57. The molecule has 0 aliphatic carbocycles. The van der Waals surface area contributed by atoms with Gasteiger partial charge in [-0.15, -0.1) is 0 Å². The lowest BCUT2D eigenvalue weighted by Gasteiger charge is -2.40. The molecule has 1 aliphatic rings. The van der Waals surface area contributed by atoms with Crippen LogP contribution in [0.3, 0.4) is 0 Å². The zero-order chi connectivity index (χ0) is 21.9. The predicted octanol–water partition coefficient (Wildman–Crippen LogP) is 2.79. The molecular weight excluding hydrogens is 382 g/mol. The van der Waals surface area contributed by atoms with Crippen LogP contribution in [0.15, 0.2) is 18.3 Å². The lowest BCUT2D eigenvalue weighted by atomic mass is 9.77. The number of piperidine rings is 1. The Labute approximate surface area is 170 Å². The zero-order valence-electron chi connectivity index (χ0n) is 17.4. The maximum Gasteiger partial charge on any atom is 0.410 e. The maximum atomic E-state index is 13.2. The molecule has 0 radical (unpaired) electrons. The molecule has 0 unspecified atom stereocenters. The van der Waals surface area contributed by atoms with Gasteiger partial charge < -0.3 is 20.7 Å². The van der Waals surface area contributed by atoms with Gasteiger partial charge in [0, 0.05) is 39.3 Å². The molecule has 9 heteroatoms. The third-order valence-electron chi connectivity index (χ3n) is 4.97. The summed E-state index contributed by atoms with van der Waals surface area (Å²) in [6, 6.07) is 2.76. The number of hydrogen-bond donors (Lipinski definition) is 2. The molecule has 0 saturated carbocycles. The molecule has 29 heavy (non-hydrogen) atoms. The van der Waals surface area contributed by atoms with Gasteiger partial charge in [0.25, 0.3) is 5.92 Å². The summed E-state index contributed by atoms with van der Waals surface area (Å²) in [6.07, 6.45) is 1.77. The van der Waals surface area contributed by atoms with Crippen LogP contribution in [-0.2, 0) is 22.0 Å². The second kappa shape index (κ2) is 8.61. The van der Waals surface area contributed by atoms with E-state index in [-0.39, 0.29) is 24.7 Å². The summed E-state index contributed by atoms with van der Waals surface area (Å²) in [5.74, 6) is -3.22. The van der Waals surface area contributed by atoms with Gasteiger partial charge in [-0.2, -0.15) is 8.78 Å². The standard InChI is InChI=1S/C20H30F2N4O3/c1-18(2,3)29-17(28)26-9-7-20(13-23,8-10-26)16(27)25-12-14-5-6-15(24-11-14)19(4,21)22/h5-6,11H,7-10,12-13,23H2,1-4H3,(H,25,27). The van der Waals surface area contributed by atoms with E-state index in [2.05, 4.69) is 10.3 Å². The Morgan fingerprint density at radius 3 is 2.31 bits per heavy atom. The van der Waals surface area contributed by atoms with E-state index in [9.17, 15) is 18.4 Å². The molecule has 0 atom stereocenters. The molecule has 162 valence electrons. The molecule has 7 nitrogen and oxygen atoms in total. The maximum absolute atomic E-state index is 13.2. The zero-order valence-corrected chi connectivity index (χ0v) is 17.4. The summed E-state index contributed by atoms with van der Waals surface area (Å²) in [5.41, 5.74) is 4.85. The van der Waals surface area contributed by atoms with Crippen molar-refractivity contribution in [3.05, 3.63) is 29.6 Å². The number of nitrogens with zero attached hydrogens (tertiary/aromatic N) is 2. The Bertz CT molecular complexity index is 719. The van der Waals surface area contributed by atoms with Crippen molar-refractivity contribution in [2.45, 2.75) is 58.6 Å². The molecule has 1 aromatic rings. The van der Waals surface area contributed by atoms with Crippen molar-refractivity contribution in [3.63, 3.8) is 0 Å². The lowest BCUT2D eigenvalue weighted by Crippen LogP contribution is -2.53. The van der Waals surface area contributed by atoms with Gasteiger partial charge in [-0.05, 0) is 45.2 Å². The highest BCUT2D eigenvalue weighted by atomic mass is 19.3. The average Bonchev–Trinajstić information content (AvgIpc) is 2.64. The van der Waals surface area contributed by atoms with E-state index in [1.807, 2.05) is 0 Å². The van der Waals surface area contributed by atoms with Crippen LogP contribution in [0.2, 0.25) is 0 Å². The van der Waals surface area contributed by atoms with Gasteiger partial charge >= 0.3 is 6.09 Å². The van der Waals surface area contributed by atoms with Crippen LogP contribution in [-0.4, -0.2) is 47.1 Å². The van der Waals surface area contributed by atoms with E-state index < -0.39 is 23.0 Å². The molecule has 2 rings (SSSR count). The number of ether oxygens (including phenoxy) is 1. The van der Waals surface area contributed by atoms with Crippen LogP contribution in [0.1, 0.15) is 51.8 Å². The lowest BCUT2D eigenvalue weighted by molar-refractivity contribution is -0.133.